The van der Waals surface area contributed by atoms with Gasteiger partial charge in [0.1, 0.15) is 17.5 Å². The fraction of sp³-hybridized carbons (Fsp3) is 0.107. The van der Waals surface area contributed by atoms with Crippen LogP contribution in [0.1, 0.15) is 29.8 Å². The van der Waals surface area contributed by atoms with Crippen molar-refractivity contribution in [2.24, 2.45) is 0 Å². The molecule has 0 unspecified atom stereocenters. The third-order valence-electron chi connectivity index (χ3n) is 6.00. The van der Waals surface area contributed by atoms with Crippen molar-refractivity contribution < 1.29 is 0 Å². The predicted octanol–water partition coefficient (Wildman–Crippen LogP) is 4.78. The Kier molecular flexibility index (Phi) is 5.88. The van der Waals surface area contributed by atoms with Gasteiger partial charge in [-0.1, -0.05) is 36.4 Å². The van der Waals surface area contributed by atoms with Crippen molar-refractivity contribution in [2.75, 3.05) is 11.1 Å². The summed E-state index contributed by atoms with van der Waals surface area (Å²) in [6.45, 7) is 3.89. The van der Waals surface area contributed by atoms with Gasteiger partial charge in [-0.05, 0) is 54.6 Å². The molecule has 0 amide bonds. The molecule has 0 saturated carbocycles. The van der Waals surface area contributed by atoms with Crippen LogP contribution in [-0.4, -0.2) is 19.5 Å². The third-order valence-corrected chi connectivity index (χ3v) is 6.00. The smallest absolute Gasteiger partial charge is 0.263 e. The van der Waals surface area contributed by atoms with Gasteiger partial charge in [-0.3, -0.25) is 14.3 Å². The molecule has 0 spiro atoms. The summed E-state index contributed by atoms with van der Waals surface area (Å²) in [5.41, 5.74) is 10.0. The van der Waals surface area contributed by atoms with Crippen LogP contribution in [0.15, 0.2) is 84.0 Å². The standard InChI is InChI=1S/C28H23N7O/c1-17-11-20(15-31-14-17)23-10-6-7-19-12-24(18(2)33-26-21(13-29)16-32-28(30)34-26)35(27(36)25(19)23)22-8-4-3-5-9-22/h3-12,14-16,18H,1-2H3,(H3,30,32,33,34)/t18-/m0/s1. The highest BCUT2D eigenvalue weighted by Gasteiger charge is 2.20. The Bertz CT molecular complexity index is 1690. The Balaban J connectivity index is 1.75. The van der Waals surface area contributed by atoms with Crippen molar-refractivity contribution in [3.05, 3.63) is 106 Å². The molecule has 5 rings (SSSR count). The molecule has 8 heteroatoms. The summed E-state index contributed by atoms with van der Waals surface area (Å²) >= 11 is 0. The minimum atomic E-state index is -0.395. The lowest BCUT2D eigenvalue weighted by Crippen LogP contribution is -2.26. The lowest BCUT2D eigenvalue weighted by molar-refractivity contribution is 0.772. The minimum Gasteiger partial charge on any atom is -0.368 e. The summed E-state index contributed by atoms with van der Waals surface area (Å²) in [5, 5.41) is 14.2. The van der Waals surface area contributed by atoms with Crippen LogP contribution in [0.25, 0.3) is 27.6 Å². The van der Waals surface area contributed by atoms with Crippen LogP contribution in [0.2, 0.25) is 0 Å². The van der Waals surface area contributed by atoms with E-state index < -0.39 is 6.04 Å². The Hall–Kier alpha value is -5.03. The number of fused-ring (bicyclic) bond motifs is 1. The highest BCUT2D eigenvalue weighted by Crippen LogP contribution is 2.30. The fourth-order valence-corrected chi connectivity index (χ4v) is 4.35. The molecule has 36 heavy (non-hydrogen) atoms. The van der Waals surface area contributed by atoms with Crippen LogP contribution < -0.4 is 16.6 Å². The van der Waals surface area contributed by atoms with Crippen LogP contribution in [0, 0.1) is 18.3 Å². The lowest BCUT2D eigenvalue weighted by Gasteiger charge is -2.22. The van der Waals surface area contributed by atoms with Gasteiger partial charge in [0.05, 0.1) is 17.6 Å². The molecule has 2 aromatic carbocycles. The van der Waals surface area contributed by atoms with Gasteiger partial charge in [0, 0.05) is 29.3 Å². The predicted molar refractivity (Wildman–Crippen MR) is 141 cm³/mol. The molecule has 0 aliphatic rings. The van der Waals surface area contributed by atoms with Crippen molar-refractivity contribution >= 4 is 22.5 Å². The number of nitriles is 1. The Morgan fingerprint density at radius 3 is 2.61 bits per heavy atom. The topological polar surface area (TPSA) is 123 Å². The third kappa shape index (κ3) is 4.14. The van der Waals surface area contributed by atoms with E-state index in [1.54, 1.807) is 17.0 Å². The average Bonchev–Trinajstić information content (AvgIpc) is 2.89. The zero-order valence-corrected chi connectivity index (χ0v) is 19.8. The van der Waals surface area contributed by atoms with Gasteiger partial charge in [0.15, 0.2) is 0 Å². The van der Waals surface area contributed by atoms with E-state index in [1.807, 2.05) is 74.5 Å². The zero-order chi connectivity index (χ0) is 25.2. The van der Waals surface area contributed by atoms with Gasteiger partial charge in [-0.2, -0.15) is 10.2 Å². The number of aryl methyl sites for hydroxylation is 1. The van der Waals surface area contributed by atoms with E-state index >= 15 is 0 Å². The molecule has 8 nitrogen and oxygen atoms in total. The quantitative estimate of drug-likeness (QED) is 0.377. The van der Waals surface area contributed by atoms with E-state index in [-0.39, 0.29) is 17.1 Å². The molecule has 3 N–H and O–H groups in total. The van der Waals surface area contributed by atoms with Crippen molar-refractivity contribution in [3.63, 3.8) is 0 Å². The van der Waals surface area contributed by atoms with Gasteiger partial charge in [-0.25, -0.2) is 4.98 Å². The molecular formula is C28H23N7O. The van der Waals surface area contributed by atoms with Crippen LogP contribution in [0.4, 0.5) is 11.8 Å². The van der Waals surface area contributed by atoms with Crippen LogP contribution >= 0.6 is 0 Å². The summed E-state index contributed by atoms with van der Waals surface area (Å²) in [7, 11) is 0. The molecule has 0 radical (unpaired) electrons. The summed E-state index contributed by atoms with van der Waals surface area (Å²) in [5.74, 6) is 0.364. The first-order chi connectivity index (χ1) is 17.5. The summed E-state index contributed by atoms with van der Waals surface area (Å²) in [4.78, 5) is 26.6. The largest absolute Gasteiger partial charge is 0.368 e. The number of para-hydroxylation sites is 1. The number of nitrogen functional groups attached to an aromatic ring is 1. The molecule has 0 bridgehead atoms. The van der Waals surface area contributed by atoms with Crippen molar-refractivity contribution in [1.82, 2.24) is 19.5 Å². The van der Waals surface area contributed by atoms with E-state index in [4.69, 9.17) is 5.73 Å². The number of anilines is 2. The number of benzene rings is 2. The maximum atomic E-state index is 14.2. The van der Waals surface area contributed by atoms with Gasteiger partial charge >= 0.3 is 0 Å². The molecule has 0 fully saturated rings. The van der Waals surface area contributed by atoms with Crippen molar-refractivity contribution in [3.8, 4) is 22.9 Å². The number of hydrogen-bond acceptors (Lipinski definition) is 7. The van der Waals surface area contributed by atoms with Crippen LogP contribution in [0.5, 0.6) is 0 Å². The number of nitrogens with zero attached hydrogens (tertiary/aromatic N) is 5. The number of hydrogen-bond donors (Lipinski definition) is 2. The number of nitrogens with one attached hydrogen (secondary N) is 1. The second-order valence-corrected chi connectivity index (χ2v) is 8.53. The molecule has 0 aliphatic carbocycles. The molecule has 176 valence electrons. The van der Waals surface area contributed by atoms with E-state index in [2.05, 4.69) is 26.3 Å². The molecule has 3 heterocycles. The molecule has 3 aromatic heterocycles. The molecule has 0 saturated heterocycles. The normalized spacial score (nSPS) is 11.7. The molecular weight excluding hydrogens is 450 g/mol. The van der Waals surface area contributed by atoms with E-state index in [9.17, 15) is 10.1 Å². The molecule has 5 aromatic rings. The summed E-state index contributed by atoms with van der Waals surface area (Å²) in [6.07, 6.45) is 4.94. The van der Waals surface area contributed by atoms with Gasteiger partial charge in [0.2, 0.25) is 5.95 Å². The maximum absolute atomic E-state index is 14.2. The highest BCUT2D eigenvalue weighted by atomic mass is 16.1. The SMILES string of the molecule is Cc1cncc(-c2cccc3cc([C@H](C)Nc4nc(N)ncc4C#N)n(-c4ccccc4)c(=O)c23)c1. The highest BCUT2D eigenvalue weighted by molar-refractivity contribution is 5.96. The van der Waals surface area contributed by atoms with Crippen LogP contribution in [-0.2, 0) is 0 Å². The lowest BCUT2D eigenvalue weighted by atomic mass is 9.98. The summed E-state index contributed by atoms with van der Waals surface area (Å²) in [6, 6.07) is 21.0. The Morgan fingerprint density at radius 1 is 1.06 bits per heavy atom. The van der Waals surface area contributed by atoms with E-state index in [1.165, 1.54) is 6.20 Å². The van der Waals surface area contributed by atoms with E-state index in [0.29, 0.717) is 16.9 Å². The Labute approximate surface area is 207 Å². The minimum absolute atomic E-state index is 0.0547. The first-order valence-electron chi connectivity index (χ1n) is 11.4. The van der Waals surface area contributed by atoms with Crippen molar-refractivity contribution in [2.45, 2.75) is 19.9 Å². The maximum Gasteiger partial charge on any atom is 0.263 e. The first kappa shape index (κ1) is 22.7. The monoisotopic (exact) mass is 473 g/mol. The number of rotatable bonds is 5. The summed E-state index contributed by atoms with van der Waals surface area (Å²) < 4.78 is 1.70. The average molecular weight is 474 g/mol. The Morgan fingerprint density at radius 2 is 1.86 bits per heavy atom. The fourth-order valence-electron chi connectivity index (χ4n) is 4.35. The van der Waals surface area contributed by atoms with Crippen molar-refractivity contribution in [1.29, 1.82) is 5.26 Å². The number of pyridine rings is 2. The first-order valence-corrected chi connectivity index (χ1v) is 11.4. The molecule has 1 atom stereocenters. The van der Waals surface area contributed by atoms with Gasteiger partial charge in [-0.15, -0.1) is 0 Å². The molecule has 0 aliphatic heterocycles. The van der Waals surface area contributed by atoms with Gasteiger partial charge < -0.3 is 11.1 Å². The second-order valence-electron chi connectivity index (χ2n) is 8.53. The van der Waals surface area contributed by atoms with Gasteiger partial charge in [0.25, 0.3) is 5.56 Å². The van der Waals surface area contributed by atoms with E-state index in [0.717, 1.165) is 27.8 Å². The zero-order valence-electron chi connectivity index (χ0n) is 19.8. The number of aromatic nitrogens is 4. The van der Waals surface area contributed by atoms with Crippen LogP contribution in [0.3, 0.4) is 0 Å². The number of nitrogens with two attached hydrogens (primary N) is 1. The second kappa shape index (κ2) is 9.31.